The van der Waals surface area contributed by atoms with Crippen LogP contribution in [0.5, 0.6) is 0 Å². The second kappa shape index (κ2) is 4.68. The topological polar surface area (TPSA) is 57.8 Å². The number of H-pyrrole nitrogens is 1. The Balaban J connectivity index is 1.87. The molecule has 88 valence electrons. The number of aromatic nitrogens is 2. The van der Waals surface area contributed by atoms with Crippen LogP contribution in [0, 0.1) is 5.92 Å². The van der Waals surface area contributed by atoms with Crippen LogP contribution in [0.3, 0.4) is 0 Å². The van der Waals surface area contributed by atoms with Crippen molar-refractivity contribution in [2.75, 3.05) is 0 Å². The Hall–Kier alpha value is -1.32. The summed E-state index contributed by atoms with van der Waals surface area (Å²) >= 11 is 0. The van der Waals surface area contributed by atoms with Crippen molar-refractivity contribution in [1.29, 1.82) is 0 Å². The molecule has 2 N–H and O–H groups in total. The summed E-state index contributed by atoms with van der Waals surface area (Å²) in [7, 11) is 0. The summed E-state index contributed by atoms with van der Waals surface area (Å²) in [4.78, 5) is 11.6. The van der Waals surface area contributed by atoms with E-state index < -0.39 is 0 Å². The first-order valence-corrected chi connectivity index (χ1v) is 5.95. The molecule has 1 aromatic heterocycles. The van der Waals surface area contributed by atoms with E-state index in [1.54, 1.807) is 0 Å². The Morgan fingerprint density at radius 1 is 1.69 bits per heavy atom. The van der Waals surface area contributed by atoms with E-state index >= 15 is 0 Å². The minimum atomic E-state index is 0.169. The summed E-state index contributed by atoms with van der Waals surface area (Å²) in [6.45, 7) is 4.13. The van der Waals surface area contributed by atoms with Gasteiger partial charge in [-0.15, -0.1) is 0 Å². The van der Waals surface area contributed by atoms with E-state index in [2.05, 4.69) is 29.4 Å². The van der Waals surface area contributed by atoms with Gasteiger partial charge >= 0.3 is 0 Å². The summed E-state index contributed by atoms with van der Waals surface area (Å²) in [5, 5.41) is 10.1. The zero-order chi connectivity index (χ0) is 11.5. The number of amides is 1. The lowest BCUT2D eigenvalue weighted by Gasteiger charge is -2.23. The first-order chi connectivity index (χ1) is 7.65. The number of aromatic amines is 1. The molecule has 1 aliphatic carbocycles. The van der Waals surface area contributed by atoms with E-state index in [1.165, 1.54) is 11.3 Å². The highest BCUT2D eigenvalue weighted by molar-refractivity contribution is 5.76. The predicted octanol–water partition coefficient (Wildman–Crippen LogP) is 1.43. The van der Waals surface area contributed by atoms with Gasteiger partial charge in [-0.3, -0.25) is 9.89 Å². The molecule has 1 unspecified atom stereocenters. The molecule has 0 aliphatic heterocycles. The van der Waals surface area contributed by atoms with Gasteiger partial charge in [-0.1, -0.05) is 13.8 Å². The van der Waals surface area contributed by atoms with Crippen molar-refractivity contribution in [1.82, 2.24) is 15.5 Å². The summed E-state index contributed by atoms with van der Waals surface area (Å²) < 4.78 is 0. The number of hydrogen-bond donors (Lipinski definition) is 2. The Bertz CT molecular complexity index is 370. The number of aryl methyl sites for hydroxylation is 1. The molecule has 0 saturated carbocycles. The predicted molar refractivity (Wildman–Crippen MR) is 62.0 cm³/mol. The summed E-state index contributed by atoms with van der Waals surface area (Å²) in [6.07, 6.45) is 5.43. The van der Waals surface area contributed by atoms with E-state index in [-0.39, 0.29) is 11.9 Å². The number of carbonyl (C=O) groups excluding carboxylic acids is 1. The molecule has 1 atom stereocenters. The minimum absolute atomic E-state index is 0.169. The first-order valence-electron chi connectivity index (χ1n) is 5.95. The number of fused-ring (bicyclic) bond motifs is 1. The largest absolute Gasteiger partial charge is 0.353 e. The third-order valence-corrected chi connectivity index (χ3v) is 2.98. The van der Waals surface area contributed by atoms with Gasteiger partial charge in [0.05, 0.1) is 6.20 Å². The van der Waals surface area contributed by atoms with Crippen LogP contribution in [0.1, 0.15) is 37.9 Å². The van der Waals surface area contributed by atoms with Crippen LogP contribution in [0.15, 0.2) is 6.20 Å². The van der Waals surface area contributed by atoms with Gasteiger partial charge < -0.3 is 5.32 Å². The Labute approximate surface area is 95.8 Å². The fraction of sp³-hybridized carbons (Fsp3) is 0.667. The van der Waals surface area contributed by atoms with Gasteiger partial charge in [0.25, 0.3) is 0 Å². The number of carbonyl (C=O) groups is 1. The zero-order valence-corrected chi connectivity index (χ0v) is 9.92. The third-order valence-electron chi connectivity index (χ3n) is 2.98. The van der Waals surface area contributed by atoms with Crippen molar-refractivity contribution in [3.05, 3.63) is 17.5 Å². The molecule has 4 heteroatoms. The van der Waals surface area contributed by atoms with Gasteiger partial charge in [-0.2, -0.15) is 5.10 Å². The second-order valence-electron chi connectivity index (χ2n) is 4.98. The van der Waals surface area contributed by atoms with Gasteiger partial charge in [0.15, 0.2) is 0 Å². The van der Waals surface area contributed by atoms with Gasteiger partial charge in [0.1, 0.15) is 0 Å². The van der Waals surface area contributed by atoms with Crippen molar-refractivity contribution >= 4 is 5.91 Å². The average molecular weight is 221 g/mol. The molecule has 0 bridgehead atoms. The minimum Gasteiger partial charge on any atom is -0.353 e. The van der Waals surface area contributed by atoms with E-state index in [4.69, 9.17) is 0 Å². The van der Waals surface area contributed by atoms with Crippen LogP contribution in [-0.4, -0.2) is 22.1 Å². The molecular weight excluding hydrogens is 202 g/mol. The molecule has 1 heterocycles. The number of rotatable bonds is 3. The summed E-state index contributed by atoms with van der Waals surface area (Å²) in [5.74, 6) is 0.592. The van der Waals surface area contributed by atoms with Crippen LogP contribution in [-0.2, 0) is 17.6 Å². The normalized spacial score (nSPS) is 19.6. The highest BCUT2D eigenvalue weighted by atomic mass is 16.1. The molecule has 0 radical (unpaired) electrons. The van der Waals surface area contributed by atoms with Crippen LogP contribution in [0.4, 0.5) is 0 Å². The molecule has 0 saturated heterocycles. The fourth-order valence-corrected chi connectivity index (χ4v) is 2.19. The summed E-state index contributed by atoms with van der Waals surface area (Å²) in [5.41, 5.74) is 2.48. The van der Waals surface area contributed by atoms with Crippen molar-refractivity contribution < 1.29 is 4.79 Å². The highest BCUT2D eigenvalue weighted by Gasteiger charge is 2.21. The van der Waals surface area contributed by atoms with Crippen LogP contribution in [0.2, 0.25) is 0 Å². The van der Waals surface area contributed by atoms with Gasteiger partial charge in [0, 0.05) is 24.6 Å². The van der Waals surface area contributed by atoms with Crippen molar-refractivity contribution in [2.24, 2.45) is 5.92 Å². The highest BCUT2D eigenvalue weighted by Crippen LogP contribution is 2.18. The van der Waals surface area contributed by atoms with Crippen molar-refractivity contribution in [3.8, 4) is 0 Å². The molecule has 0 spiro atoms. The fourth-order valence-electron chi connectivity index (χ4n) is 2.19. The van der Waals surface area contributed by atoms with E-state index in [0.717, 1.165) is 19.3 Å². The lowest BCUT2D eigenvalue weighted by molar-refractivity contribution is -0.122. The molecular formula is C12H19N3O. The Morgan fingerprint density at radius 3 is 3.25 bits per heavy atom. The van der Waals surface area contributed by atoms with Gasteiger partial charge in [-0.05, 0) is 24.3 Å². The maximum Gasteiger partial charge on any atom is 0.220 e. The molecule has 0 fully saturated rings. The zero-order valence-electron chi connectivity index (χ0n) is 9.92. The smallest absolute Gasteiger partial charge is 0.220 e. The van der Waals surface area contributed by atoms with Crippen molar-refractivity contribution in [2.45, 2.75) is 45.6 Å². The molecule has 1 aliphatic rings. The van der Waals surface area contributed by atoms with Crippen LogP contribution >= 0.6 is 0 Å². The Morgan fingerprint density at radius 2 is 2.50 bits per heavy atom. The maximum absolute atomic E-state index is 11.6. The van der Waals surface area contributed by atoms with Crippen molar-refractivity contribution in [3.63, 3.8) is 0 Å². The van der Waals surface area contributed by atoms with Crippen LogP contribution in [0.25, 0.3) is 0 Å². The second-order valence-corrected chi connectivity index (χ2v) is 4.98. The van der Waals surface area contributed by atoms with E-state index in [1.807, 2.05) is 6.20 Å². The molecule has 1 amide bonds. The molecule has 1 aromatic rings. The molecule has 0 aromatic carbocycles. The average Bonchev–Trinajstić information content (AvgIpc) is 2.63. The third kappa shape index (κ3) is 2.62. The monoisotopic (exact) mass is 221 g/mol. The lowest BCUT2D eigenvalue weighted by atomic mass is 9.93. The maximum atomic E-state index is 11.6. The van der Waals surface area contributed by atoms with E-state index in [0.29, 0.717) is 12.3 Å². The standard InChI is InChI=1S/C12H19N3O/c1-8(2)5-12(16)14-10-4-3-9-7-13-15-11(9)6-10/h7-8,10H,3-6H2,1-2H3,(H,13,15)(H,14,16). The number of nitrogens with one attached hydrogen (secondary N) is 2. The number of nitrogens with zero attached hydrogens (tertiary/aromatic N) is 1. The van der Waals surface area contributed by atoms with Gasteiger partial charge in [0.2, 0.25) is 5.91 Å². The molecule has 2 rings (SSSR count). The van der Waals surface area contributed by atoms with Gasteiger partial charge in [-0.25, -0.2) is 0 Å². The Kier molecular flexibility index (Phi) is 3.27. The molecule has 4 nitrogen and oxygen atoms in total. The van der Waals surface area contributed by atoms with Crippen LogP contribution < -0.4 is 5.32 Å². The number of hydrogen-bond acceptors (Lipinski definition) is 2. The van der Waals surface area contributed by atoms with E-state index in [9.17, 15) is 4.79 Å². The quantitative estimate of drug-likeness (QED) is 0.811. The summed E-state index contributed by atoms with van der Waals surface area (Å²) in [6, 6.07) is 0.277. The SMILES string of the molecule is CC(C)CC(=O)NC1CCc2cn[nH]c2C1. The lowest BCUT2D eigenvalue weighted by Crippen LogP contribution is -2.39. The molecule has 16 heavy (non-hydrogen) atoms. The first kappa shape index (κ1) is 11.2.